The minimum Gasteiger partial charge on any atom is -0.309 e. The maximum absolute atomic E-state index is 13.4. The molecule has 0 radical (unpaired) electrons. The lowest BCUT2D eigenvalue weighted by Gasteiger charge is -2.18. The fraction of sp³-hybridized carbons (Fsp3) is 0.538. The lowest BCUT2D eigenvalue weighted by molar-refractivity contribution is 0.553. The summed E-state index contributed by atoms with van der Waals surface area (Å²) in [6, 6.07) is 2.92. The van der Waals surface area contributed by atoms with Crippen LogP contribution in [0.3, 0.4) is 0 Å². The average Bonchev–Trinajstić information content (AvgIpc) is 2.84. The lowest BCUT2D eigenvalue weighted by atomic mass is 10.1. The van der Waals surface area contributed by atoms with Crippen LogP contribution in [0.25, 0.3) is 0 Å². The average molecular weight is 308 g/mol. The van der Waals surface area contributed by atoms with Gasteiger partial charge in [0.2, 0.25) is 0 Å². The summed E-state index contributed by atoms with van der Waals surface area (Å²) in [6.07, 6.45) is 2.55. The van der Waals surface area contributed by atoms with E-state index in [-0.39, 0.29) is 11.1 Å². The first kappa shape index (κ1) is 14.4. The standard InChI is InChI=1S/C13H16Cl2FNS/c1-8(17-7-9-3-2-4-18-9)10-5-13(16)12(15)6-11(10)14/h5-6,8-9,17H,2-4,7H2,1H3. The number of hydrogen-bond donors (Lipinski definition) is 1. The van der Waals surface area contributed by atoms with Crippen LogP contribution in [0.1, 0.15) is 31.4 Å². The number of nitrogens with one attached hydrogen (secondary N) is 1. The van der Waals surface area contributed by atoms with Crippen LogP contribution in [-0.2, 0) is 0 Å². The fourth-order valence-electron chi connectivity index (χ4n) is 2.09. The van der Waals surface area contributed by atoms with Gasteiger partial charge in [-0.1, -0.05) is 23.2 Å². The Hall–Kier alpha value is 0.0400. The second kappa shape index (κ2) is 6.47. The summed E-state index contributed by atoms with van der Waals surface area (Å²) in [5.74, 6) is 0.830. The van der Waals surface area contributed by atoms with Gasteiger partial charge >= 0.3 is 0 Å². The first-order valence-corrected chi connectivity index (χ1v) is 7.88. The van der Waals surface area contributed by atoms with E-state index in [0.29, 0.717) is 10.3 Å². The molecule has 1 nitrogen and oxygen atoms in total. The van der Waals surface area contributed by atoms with Crippen molar-refractivity contribution in [3.8, 4) is 0 Å². The normalized spacial score (nSPS) is 21.2. The second-order valence-electron chi connectivity index (χ2n) is 4.55. The van der Waals surface area contributed by atoms with Gasteiger partial charge in [-0.25, -0.2) is 4.39 Å². The zero-order valence-electron chi connectivity index (χ0n) is 10.2. The summed E-state index contributed by atoms with van der Waals surface area (Å²) >= 11 is 13.8. The number of rotatable bonds is 4. The van der Waals surface area contributed by atoms with Crippen LogP contribution < -0.4 is 5.32 Å². The van der Waals surface area contributed by atoms with Crippen molar-refractivity contribution in [3.05, 3.63) is 33.6 Å². The molecule has 1 heterocycles. The molecule has 0 bridgehead atoms. The van der Waals surface area contributed by atoms with E-state index in [0.717, 1.165) is 12.1 Å². The van der Waals surface area contributed by atoms with Gasteiger partial charge in [0.15, 0.2) is 0 Å². The summed E-state index contributed by atoms with van der Waals surface area (Å²) in [7, 11) is 0. The van der Waals surface area contributed by atoms with Gasteiger partial charge in [0, 0.05) is 22.9 Å². The third-order valence-corrected chi connectivity index (χ3v) is 5.20. The van der Waals surface area contributed by atoms with E-state index in [1.165, 1.54) is 30.7 Å². The first-order chi connectivity index (χ1) is 8.58. The van der Waals surface area contributed by atoms with E-state index < -0.39 is 5.82 Å². The monoisotopic (exact) mass is 307 g/mol. The predicted molar refractivity (Wildman–Crippen MR) is 78.3 cm³/mol. The van der Waals surface area contributed by atoms with E-state index in [1.807, 2.05) is 18.7 Å². The summed E-state index contributed by atoms with van der Waals surface area (Å²) in [5, 5.41) is 4.67. The summed E-state index contributed by atoms with van der Waals surface area (Å²) in [6.45, 7) is 2.93. The van der Waals surface area contributed by atoms with Gasteiger partial charge in [-0.3, -0.25) is 0 Å². The van der Waals surface area contributed by atoms with E-state index in [2.05, 4.69) is 5.32 Å². The number of thioether (sulfide) groups is 1. The van der Waals surface area contributed by atoms with Crippen molar-refractivity contribution < 1.29 is 4.39 Å². The van der Waals surface area contributed by atoms with Crippen molar-refractivity contribution in [2.24, 2.45) is 0 Å². The molecular weight excluding hydrogens is 292 g/mol. The molecule has 0 aliphatic carbocycles. The van der Waals surface area contributed by atoms with Gasteiger partial charge < -0.3 is 5.32 Å². The van der Waals surface area contributed by atoms with E-state index >= 15 is 0 Å². The van der Waals surface area contributed by atoms with E-state index in [1.54, 1.807) is 0 Å². The molecule has 1 aliphatic rings. The summed E-state index contributed by atoms with van der Waals surface area (Å²) in [5.41, 5.74) is 0.765. The molecule has 0 spiro atoms. The Morgan fingerprint density at radius 2 is 2.22 bits per heavy atom. The third kappa shape index (κ3) is 3.53. The molecule has 1 aromatic rings. The van der Waals surface area contributed by atoms with Crippen LogP contribution in [0.5, 0.6) is 0 Å². The third-order valence-electron chi connectivity index (χ3n) is 3.18. The smallest absolute Gasteiger partial charge is 0.142 e. The van der Waals surface area contributed by atoms with Crippen LogP contribution in [0, 0.1) is 5.82 Å². The van der Waals surface area contributed by atoms with Gasteiger partial charge in [-0.2, -0.15) is 11.8 Å². The number of halogens is 3. The maximum Gasteiger partial charge on any atom is 0.142 e. The van der Waals surface area contributed by atoms with Gasteiger partial charge in [-0.15, -0.1) is 0 Å². The van der Waals surface area contributed by atoms with Crippen LogP contribution in [0.4, 0.5) is 4.39 Å². The van der Waals surface area contributed by atoms with Crippen molar-refractivity contribution >= 4 is 35.0 Å². The quantitative estimate of drug-likeness (QED) is 0.811. The topological polar surface area (TPSA) is 12.0 Å². The summed E-state index contributed by atoms with van der Waals surface area (Å²) in [4.78, 5) is 0. The number of hydrogen-bond acceptors (Lipinski definition) is 2. The number of benzene rings is 1. The highest BCUT2D eigenvalue weighted by molar-refractivity contribution is 8.00. The highest BCUT2D eigenvalue weighted by Gasteiger charge is 2.18. The van der Waals surface area contributed by atoms with E-state index in [4.69, 9.17) is 23.2 Å². The molecule has 2 rings (SSSR count). The zero-order chi connectivity index (χ0) is 13.1. The fourth-order valence-corrected chi connectivity index (χ4v) is 3.85. The highest BCUT2D eigenvalue weighted by Crippen LogP contribution is 2.30. The Labute approximate surface area is 121 Å². The van der Waals surface area contributed by atoms with Gasteiger partial charge in [-0.05, 0) is 43.2 Å². The molecule has 1 saturated heterocycles. The van der Waals surface area contributed by atoms with Crippen molar-refractivity contribution in [1.82, 2.24) is 5.32 Å². The molecule has 18 heavy (non-hydrogen) atoms. The Morgan fingerprint density at radius 3 is 2.89 bits per heavy atom. The molecular formula is C13H16Cl2FNS. The van der Waals surface area contributed by atoms with Crippen LogP contribution in [-0.4, -0.2) is 17.5 Å². The molecule has 1 aliphatic heterocycles. The Morgan fingerprint density at radius 1 is 1.44 bits per heavy atom. The molecule has 100 valence electrons. The molecule has 0 aromatic heterocycles. The van der Waals surface area contributed by atoms with Crippen molar-refractivity contribution in [2.45, 2.75) is 31.1 Å². The molecule has 2 unspecified atom stereocenters. The summed E-state index contributed by atoms with van der Waals surface area (Å²) < 4.78 is 13.4. The predicted octanol–water partition coefficient (Wildman–Crippen LogP) is 4.68. The Kier molecular flexibility index (Phi) is 5.19. The van der Waals surface area contributed by atoms with Crippen molar-refractivity contribution in [3.63, 3.8) is 0 Å². The zero-order valence-corrected chi connectivity index (χ0v) is 12.5. The van der Waals surface area contributed by atoms with Crippen LogP contribution >= 0.6 is 35.0 Å². The van der Waals surface area contributed by atoms with Crippen LogP contribution in [0.15, 0.2) is 12.1 Å². The van der Waals surface area contributed by atoms with Crippen LogP contribution in [0.2, 0.25) is 10.0 Å². The Bertz CT molecular complexity index is 422. The molecule has 5 heteroatoms. The molecule has 0 amide bonds. The maximum atomic E-state index is 13.4. The lowest BCUT2D eigenvalue weighted by Crippen LogP contribution is -2.26. The second-order valence-corrected chi connectivity index (χ2v) is 6.78. The minimum absolute atomic E-state index is 0.0328. The molecule has 1 N–H and O–H groups in total. The SMILES string of the molecule is CC(NCC1CCCS1)c1cc(F)c(Cl)cc1Cl. The minimum atomic E-state index is -0.417. The van der Waals surface area contributed by atoms with Crippen molar-refractivity contribution in [2.75, 3.05) is 12.3 Å². The van der Waals surface area contributed by atoms with Gasteiger partial charge in [0.05, 0.1) is 5.02 Å². The van der Waals surface area contributed by atoms with Gasteiger partial charge in [0.1, 0.15) is 5.82 Å². The molecule has 1 fully saturated rings. The molecule has 1 aromatic carbocycles. The van der Waals surface area contributed by atoms with E-state index in [9.17, 15) is 4.39 Å². The molecule has 0 saturated carbocycles. The first-order valence-electron chi connectivity index (χ1n) is 6.07. The molecule has 2 atom stereocenters. The Balaban J connectivity index is 1.99. The van der Waals surface area contributed by atoms with Crippen molar-refractivity contribution in [1.29, 1.82) is 0 Å². The van der Waals surface area contributed by atoms with Gasteiger partial charge in [0.25, 0.3) is 0 Å². The largest absolute Gasteiger partial charge is 0.309 e. The highest BCUT2D eigenvalue weighted by atomic mass is 35.5.